The van der Waals surface area contributed by atoms with Crippen molar-refractivity contribution in [2.75, 3.05) is 18.5 Å². The van der Waals surface area contributed by atoms with Crippen LogP contribution in [0.4, 0.5) is 11.7 Å². The number of aromatic nitrogens is 3. The van der Waals surface area contributed by atoms with Gasteiger partial charge in [-0.2, -0.15) is 10.1 Å². The van der Waals surface area contributed by atoms with E-state index in [0.717, 1.165) is 51.2 Å². The topological polar surface area (TPSA) is 77.1 Å². The van der Waals surface area contributed by atoms with Crippen LogP contribution in [0, 0.1) is 0 Å². The molecule has 0 aliphatic carbocycles. The number of nitrogens with zero attached hydrogens (tertiary/aromatic N) is 3. The van der Waals surface area contributed by atoms with Crippen LogP contribution in [0.1, 0.15) is 25.7 Å². The molecule has 0 amide bonds. The third-order valence-electron chi connectivity index (χ3n) is 5.81. The number of piperidine rings is 1. The van der Waals surface area contributed by atoms with Gasteiger partial charge in [0.2, 0.25) is 0 Å². The molecule has 0 spiro atoms. The lowest BCUT2D eigenvalue weighted by molar-refractivity contribution is 0.269. The minimum absolute atomic E-state index is 0.457. The third kappa shape index (κ3) is 4.52. The van der Waals surface area contributed by atoms with Crippen molar-refractivity contribution < 1.29 is 9.15 Å². The van der Waals surface area contributed by atoms with Crippen LogP contribution in [-0.4, -0.2) is 34.0 Å². The highest BCUT2D eigenvalue weighted by Crippen LogP contribution is 2.37. The predicted molar refractivity (Wildman–Crippen MR) is 129 cm³/mol. The molecule has 2 N–H and O–H groups in total. The van der Waals surface area contributed by atoms with Crippen molar-refractivity contribution in [1.82, 2.24) is 20.1 Å². The Hall–Kier alpha value is -2.84. The average Bonchev–Trinajstić information content (AvgIpc) is 3.37. The molecule has 32 heavy (non-hydrogen) atoms. The third-order valence-corrected chi connectivity index (χ3v) is 6.39. The van der Waals surface area contributed by atoms with E-state index in [1.807, 2.05) is 54.2 Å². The second-order valence-corrected chi connectivity index (χ2v) is 8.93. The summed E-state index contributed by atoms with van der Waals surface area (Å²) in [4.78, 5) is 4.52. The Morgan fingerprint density at radius 3 is 2.94 bits per heavy atom. The molecule has 1 fully saturated rings. The maximum Gasteiger partial charge on any atom is 0.300 e. The fourth-order valence-electron chi connectivity index (χ4n) is 4.16. The maximum absolute atomic E-state index is 6.26. The van der Waals surface area contributed by atoms with E-state index in [0.29, 0.717) is 18.7 Å². The molecule has 2 aromatic heterocycles. The summed E-state index contributed by atoms with van der Waals surface area (Å²) < 4.78 is 14.8. The maximum atomic E-state index is 6.26. The van der Waals surface area contributed by atoms with Crippen LogP contribution in [0.15, 0.2) is 57.6 Å². The summed E-state index contributed by atoms with van der Waals surface area (Å²) in [6, 6.07) is 14.7. The molecule has 1 aliphatic rings. The number of fused-ring (bicyclic) bond motifs is 1. The van der Waals surface area contributed by atoms with Crippen LogP contribution in [0.25, 0.3) is 22.4 Å². The number of nitrogens with one attached hydrogen (secondary N) is 2. The van der Waals surface area contributed by atoms with Crippen LogP contribution >= 0.6 is 15.9 Å². The molecule has 4 aromatic rings. The summed E-state index contributed by atoms with van der Waals surface area (Å²) in [5.74, 6) is 0.827. The van der Waals surface area contributed by atoms with Gasteiger partial charge in [-0.3, -0.25) is 4.68 Å². The van der Waals surface area contributed by atoms with Crippen molar-refractivity contribution in [2.45, 2.75) is 31.7 Å². The zero-order chi connectivity index (χ0) is 21.9. The van der Waals surface area contributed by atoms with Gasteiger partial charge in [0.05, 0.1) is 23.0 Å². The number of benzene rings is 2. The van der Waals surface area contributed by atoms with Gasteiger partial charge in [0, 0.05) is 24.3 Å². The number of aryl methyl sites for hydroxylation is 1. The van der Waals surface area contributed by atoms with Gasteiger partial charge in [-0.25, -0.2) is 0 Å². The van der Waals surface area contributed by atoms with Crippen LogP contribution < -0.4 is 15.4 Å². The normalized spacial score (nSPS) is 16.4. The van der Waals surface area contributed by atoms with Gasteiger partial charge in [0.1, 0.15) is 11.3 Å². The Balaban J connectivity index is 1.40. The Kier molecular flexibility index (Phi) is 6.14. The van der Waals surface area contributed by atoms with E-state index in [9.17, 15) is 0 Å². The minimum Gasteiger partial charge on any atom is -0.493 e. The average molecular weight is 496 g/mol. The molecule has 5 rings (SSSR count). The molecule has 166 valence electrons. The van der Waals surface area contributed by atoms with Crippen molar-refractivity contribution in [3.8, 4) is 17.0 Å². The lowest BCUT2D eigenvalue weighted by atomic mass is 10.0. The Morgan fingerprint density at radius 1 is 1.25 bits per heavy atom. The van der Waals surface area contributed by atoms with Crippen molar-refractivity contribution in [2.24, 2.45) is 7.05 Å². The fourth-order valence-corrected chi connectivity index (χ4v) is 4.72. The van der Waals surface area contributed by atoms with Crippen molar-refractivity contribution in [3.63, 3.8) is 0 Å². The molecule has 2 aromatic carbocycles. The molecule has 1 atom stereocenters. The monoisotopic (exact) mass is 495 g/mol. The van der Waals surface area contributed by atoms with Gasteiger partial charge < -0.3 is 19.8 Å². The van der Waals surface area contributed by atoms with E-state index in [4.69, 9.17) is 9.15 Å². The molecule has 0 radical (unpaired) electrons. The highest BCUT2D eigenvalue weighted by Gasteiger charge is 2.17. The second kappa shape index (κ2) is 9.34. The molecular formula is C24H26BrN5O2. The van der Waals surface area contributed by atoms with E-state index in [2.05, 4.69) is 36.6 Å². The van der Waals surface area contributed by atoms with Crippen LogP contribution in [-0.2, 0) is 7.05 Å². The minimum atomic E-state index is 0.457. The number of halogens is 1. The summed E-state index contributed by atoms with van der Waals surface area (Å²) in [5.41, 5.74) is 4.34. The molecule has 8 heteroatoms. The molecular weight excluding hydrogens is 470 g/mol. The van der Waals surface area contributed by atoms with Gasteiger partial charge >= 0.3 is 0 Å². The molecule has 3 heterocycles. The largest absolute Gasteiger partial charge is 0.493 e. The number of hydrogen-bond acceptors (Lipinski definition) is 6. The molecule has 7 nitrogen and oxygen atoms in total. The number of ether oxygens (including phenoxy) is 1. The van der Waals surface area contributed by atoms with E-state index in [1.54, 1.807) is 6.20 Å². The first-order chi connectivity index (χ1) is 15.7. The van der Waals surface area contributed by atoms with E-state index in [-0.39, 0.29) is 0 Å². The fraction of sp³-hybridized carbons (Fsp3) is 0.333. The van der Waals surface area contributed by atoms with Gasteiger partial charge in [-0.1, -0.05) is 18.6 Å². The van der Waals surface area contributed by atoms with E-state index in [1.165, 1.54) is 19.3 Å². The Labute approximate surface area is 195 Å². The SMILES string of the molecule is Cn1ncc(Br)c1-c1cc(Nc2nc3ccccc3o2)ccc1OCCC1CCCCN1. The van der Waals surface area contributed by atoms with Gasteiger partial charge in [-0.15, -0.1) is 0 Å². The summed E-state index contributed by atoms with van der Waals surface area (Å²) in [6.07, 6.45) is 6.57. The molecule has 1 unspecified atom stereocenters. The Bertz CT molecular complexity index is 1160. The number of oxazole rings is 1. The summed E-state index contributed by atoms with van der Waals surface area (Å²) in [5, 5.41) is 11.2. The van der Waals surface area contributed by atoms with E-state index >= 15 is 0 Å². The molecule has 1 aliphatic heterocycles. The van der Waals surface area contributed by atoms with Crippen LogP contribution in [0.2, 0.25) is 0 Å². The number of anilines is 2. The zero-order valence-corrected chi connectivity index (χ0v) is 19.6. The number of para-hydroxylation sites is 2. The highest BCUT2D eigenvalue weighted by atomic mass is 79.9. The summed E-state index contributed by atoms with van der Waals surface area (Å²) >= 11 is 3.63. The second-order valence-electron chi connectivity index (χ2n) is 8.07. The lowest BCUT2D eigenvalue weighted by Crippen LogP contribution is -2.35. The van der Waals surface area contributed by atoms with Crippen molar-refractivity contribution in [3.05, 3.63) is 53.1 Å². The first kappa shape index (κ1) is 21.0. The van der Waals surface area contributed by atoms with Crippen molar-refractivity contribution >= 4 is 38.7 Å². The molecule has 0 saturated carbocycles. The van der Waals surface area contributed by atoms with Crippen LogP contribution in [0.5, 0.6) is 5.75 Å². The first-order valence-electron chi connectivity index (χ1n) is 11.0. The number of rotatable bonds is 7. The van der Waals surface area contributed by atoms with Crippen molar-refractivity contribution in [1.29, 1.82) is 0 Å². The van der Waals surface area contributed by atoms with Crippen LogP contribution in [0.3, 0.4) is 0 Å². The van der Waals surface area contributed by atoms with Gasteiger partial charge in [-0.05, 0) is 72.1 Å². The van der Waals surface area contributed by atoms with E-state index < -0.39 is 0 Å². The van der Waals surface area contributed by atoms with Gasteiger partial charge in [0.15, 0.2) is 5.58 Å². The molecule has 0 bridgehead atoms. The zero-order valence-electron chi connectivity index (χ0n) is 18.0. The Morgan fingerprint density at radius 2 is 2.16 bits per heavy atom. The lowest BCUT2D eigenvalue weighted by Gasteiger charge is -2.23. The molecule has 1 saturated heterocycles. The first-order valence-corrected chi connectivity index (χ1v) is 11.8. The smallest absolute Gasteiger partial charge is 0.300 e. The predicted octanol–water partition coefficient (Wildman–Crippen LogP) is 5.65. The summed E-state index contributed by atoms with van der Waals surface area (Å²) in [7, 11) is 1.93. The highest BCUT2D eigenvalue weighted by molar-refractivity contribution is 9.10. The quantitative estimate of drug-likeness (QED) is 0.345. The standard InChI is InChI=1S/C24H26BrN5O2/c1-30-23(19(25)15-27-30)18-14-17(28-24-29-20-7-2-3-8-22(20)32-24)9-10-21(18)31-13-11-16-6-4-5-12-26-16/h2-3,7-10,14-16,26H,4-6,11-13H2,1H3,(H,28,29). The summed E-state index contributed by atoms with van der Waals surface area (Å²) in [6.45, 7) is 1.77. The number of hydrogen-bond donors (Lipinski definition) is 2. The van der Waals surface area contributed by atoms with Gasteiger partial charge in [0.25, 0.3) is 6.01 Å².